The highest BCUT2D eigenvalue weighted by atomic mass is 16.4. The lowest BCUT2D eigenvalue weighted by Crippen LogP contribution is -2.71. The highest BCUT2D eigenvalue weighted by Crippen LogP contribution is 2.27. The first-order chi connectivity index (χ1) is 7.52. The van der Waals surface area contributed by atoms with Gasteiger partial charge in [0, 0.05) is 32.1 Å². The molecule has 0 saturated carbocycles. The van der Waals surface area contributed by atoms with Crippen molar-refractivity contribution in [3.8, 4) is 6.07 Å². The standard InChI is InChI=1S/C11H19N3O2/c1-9(2)14(5-3-4-12)11(6-10(15)16)7-13-8-11/h9,13H,3,5-8H2,1-2H3,(H,15,16). The van der Waals surface area contributed by atoms with E-state index in [1.165, 1.54) is 0 Å². The van der Waals surface area contributed by atoms with Crippen molar-refractivity contribution in [2.75, 3.05) is 19.6 Å². The molecular weight excluding hydrogens is 206 g/mol. The molecule has 0 aromatic heterocycles. The lowest BCUT2D eigenvalue weighted by molar-refractivity contribution is -0.142. The van der Waals surface area contributed by atoms with Crippen molar-refractivity contribution >= 4 is 5.97 Å². The van der Waals surface area contributed by atoms with Gasteiger partial charge in [-0.05, 0) is 13.8 Å². The molecule has 0 spiro atoms. The fourth-order valence-corrected chi connectivity index (χ4v) is 2.34. The Labute approximate surface area is 96.0 Å². The monoisotopic (exact) mass is 225 g/mol. The van der Waals surface area contributed by atoms with E-state index in [1.54, 1.807) is 0 Å². The third-order valence-corrected chi connectivity index (χ3v) is 3.09. The van der Waals surface area contributed by atoms with Crippen LogP contribution in [0.5, 0.6) is 0 Å². The van der Waals surface area contributed by atoms with Gasteiger partial charge in [-0.25, -0.2) is 0 Å². The Balaban J connectivity index is 2.73. The number of rotatable bonds is 6. The first-order valence-electron chi connectivity index (χ1n) is 5.58. The van der Waals surface area contributed by atoms with Gasteiger partial charge >= 0.3 is 5.97 Å². The van der Waals surface area contributed by atoms with Gasteiger partial charge < -0.3 is 10.4 Å². The van der Waals surface area contributed by atoms with Crippen LogP contribution >= 0.6 is 0 Å². The molecule has 2 N–H and O–H groups in total. The zero-order chi connectivity index (χ0) is 12.2. The van der Waals surface area contributed by atoms with Gasteiger partial charge in [0.25, 0.3) is 0 Å². The van der Waals surface area contributed by atoms with E-state index in [1.807, 2.05) is 13.8 Å². The molecule has 0 aromatic rings. The average molecular weight is 225 g/mol. The van der Waals surface area contributed by atoms with Crippen LogP contribution in [0.1, 0.15) is 26.7 Å². The van der Waals surface area contributed by atoms with Crippen LogP contribution in [0.3, 0.4) is 0 Å². The van der Waals surface area contributed by atoms with Crippen LogP contribution in [0, 0.1) is 11.3 Å². The van der Waals surface area contributed by atoms with Gasteiger partial charge in [0.05, 0.1) is 18.0 Å². The minimum Gasteiger partial charge on any atom is -0.481 e. The zero-order valence-electron chi connectivity index (χ0n) is 9.86. The maximum atomic E-state index is 10.9. The average Bonchev–Trinajstić information content (AvgIpc) is 2.12. The molecule has 0 bridgehead atoms. The molecule has 0 radical (unpaired) electrons. The number of hydrogen-bond acceptors (Lipinski definition) is 4. The highest BCUT2D eigenvalue weighted by Gasteiger charge is 2.44. The first-order valence-corrected chi connectivity index (χ1v) is 5.58. The number of carboxylic acids is 1. The summed E-state index contributed by atoms with van der Waals surface area (Å²) in [7, 11) is 0. The smallest absolute Gasteiger partial charge is 0.305 e. The number of carbonyl (C=O) groups is 1. The summed E-state index contributed by atoms with van der Waals surface area (Å²) in [5.41, 5.74) is -0.295. The molecule has 16 heavy (non-hydrogen) atoms. The number of hydrogen-bond donors (Lipinski definition) is 2. The van der Waals surface area contributed by atoms with Crippen molar-refractivity contribution in [3.63, 3.8) is 0 Å². The minimum absolute atomic E-state index is 0.142. The molecule has 1 aliphatic rings. The van der Waals surface area contributed by atoms with Crippen LogP contribution in [-0.4, -0.2) is 47.2 Å². The van der Waals surface area contributed by atoms with E-state index in [0.29, 0.717) is 26.1 Å². The van der Waals surface area contributed by atoms with Crippen molar-refractivity contribution in [1.29, 1.82) is 5.26 Å². The minimum atomic E-state index is -0.774. The predicted molar refractivity (Wildman–Crippen MR) is 59.9 cm³/mol. The first kappa shape index (κ1) is 12.9. The lowest BCUT2D eigenvalue weighted by atomic mass is 9.85. The molecule has 90 valence electrons. The van der Waals surface area contributed by atoms with Gasteiger partial charge in [-0.3, -0.25) is 9.69 Å². The molecule has 0 atom stereocenters. The Morgan fingerprint density at radius 1 is 1.62 bits per heavy atom. The van der Waals surface area contributed by atoms with Crippen molar-refractivity contribution < 1.29 is 9.90 Å². The van der Waals surface area contributed by atoms with Crippen LogP contribution in [-0.2, 0) is 4.79 Å². The molecule has 1 saturated heterocycles. The molecule has 1 aliphatic heterocycles. The van der Waals surface area contributed by atoms with Crippen molar-refractivity contribution in [3.05, 3.63) is 0 Å². The maximum Gasteiger partial charge on any atom is 0.305 e. The Morgan fingerprint density at radius 2 is 2.25 bits per heavy atom. The Bertz CT molecular complexity index is 292. The molecule has 5 nitrogen and oxygen atoms in total. The quantitative estimate of drug-likeness (QED) is 0.685. The molecule has 1 fully saturated rings. The summed E-state index contributed by atoms with van der Waals surface area (Å²) in [5, 5.41) is 20.7. The summed E-state index contributed by atoms with van der Waals surface area (Å²) in [6.07, 6.45) is 0.586. The Kier molecular flexibility index (Phi) is 4.27. The Hall–Kier alpha value is -1.12. The number of aliphatic carboxylic acids is 1. The van der Waals surface area contributed by atoms with E-state index in [9.17, 15) is 4.79 Å². The van der Waals surface area contributed by atoms with Gasteiger partial charge in [-0.15, -0.1) is 0 Å². The third-order valence-electron chi connectivity index (χ3n) is 3.09. The molecule has 1 rings (SSSR count). The highest BCUT2D eigenvalue weighted by molar-refractivity contribution is 5.68. The van der Waals surface area contributed by atoms with Crippen LogP contribution in [0.4, 0.5) is 0 Å². The maximum absolute atomic E-state index is 10.9. The largest absolute Gasteiger partial charge is 0.481 e. The van der Waals surface area contributed by atoms with Gasteiger partial charge in [0.15, 0.2) is 0 Å². The van der Waals surface area contributed by atoms with Crippen molar-refractivity contribution in [2.45, 2.75) is 38.3 Å². The molecular formula is C11H19N3O2. The number of carboxylic acid groups (broad SMARTS) is 1. The SMILES string of the molecule is CC(C)N(CCC#N)C1(CC(=O)O)CNC1. The molecule has 0 amide bonds. The van der Waals surface area contributed by atoms with Gasteiger partial charge in [-0.1, -0.05) is 0 Å². The molecule has 0 aromatic carbocycles. The van der Waals surface area contributed by atoms with E-state index >= 15 is 0 Å². The number of nitriles is 1. The summed E-state index contributed by atoms with van der Waals surface area (Å²) in [4.78, 5) is 13.0. The van der Waals surface area contributed by atoms with E-state index in [0.717, 1.165) is 0 Å². The fraction of sp³-hybridized carbons (Fsp3) is 0.818. The Morgan fingerprint density at radius 3 is 2.56 bits per heavy atom. The molecule has 0 aliphatic carbocycles. The topological polar surface area (TPSA) is 76.4 Å². The molecule has 5 heteroatoms. The van der Waals surface area contributed by atoms with E-state index < -0.39 is 5.97 Å². The van der Waals surface area contributed by atoms with E-state index in [-0.39, 0.29) is 18.0 Å². The number of nitrogens with zero attached hydrogens (tertiary/aromatic N) is 2. The summed E-state index contributed by atoms with van der Waals surface area (Å²) < 4.78 is 0. The zero-order valence-corrected chi connectivity index (χ0v) is 9.86. The van der Waals surface area contributed by atoms with Gasteiger partial charge in [0.2, 0.25) is 0 Å². The van der Waals surface area contributed by atoms with Crippen LogP contribution < -0.4 is 5.32 Å². The molecule has 0 unspecified atom stereocenters. The van der Waals surface area contributed by atoms with Crippen LogP contribution in [0.15, 0.2) is 0 Å². The van der Waals surface area contributed by atoms with E-state index in [4.69, 9.17) is 10.4 Å². The normalized spacial score (nSPS) is 18.2. The van der Waals surface area contributed by atoms with Crippen LogP contribution in [0.2, 0.25) is 0 Å². The van der Waals surface area contributed by atoms with Crippen molar-refractivity contribution in [2.24, 2.45) is 0 Å². The summed E-state index contributed by atoms with van der Waals surface area (Å²) in [5.74, 6) is -0.774. The second-order valence-electron chi connectivity index (χ2n) is 4.59. The number of nitrogens with one attached hydrogen (secondary N) is 1. The summed E-state index contributed by atoms with van der Waals surface area (Å²) in [6.45, 7) is 6.12. The van der Waals surface area contributed by atoms with Crippen LogP contribution in [0.25, 0.3) is 0 Å². The fourth-order valence-electron chi connectivity index (χ4n) is 2.34. The summed E-state index contributed by atoms with van der Waals surface area (Å²) >= 11 is 0. The van der Waals surface area contributed by atoms with Gasteiger partial charge in [0.1, 0.15) is 0 Å². The van der Waals surface area contributed by atoms with Crippen molar-refractivity contribution in [1.82, 2.24) is 10.2 Å². The van der Waals surface area contributed by atoms with Gasteiger partial charge in [-0.2, -0.15) is 5.26 Å². The summed E-state index contributed by atoms with van der Waals surface area (Å²) in [6, 6.07) is 2.38. The molecule has 1 heterocycles. The third kappa shape index (κ3) is 2.71. The predicted octanol–water partition coefficient (Wildman–Crippen LogP) is 0.427. The lowest BCUT2D eigenvalue weighted by Gasteiger charge is -2.51. The van der Waals surface area contributed by atoms with E-state index in [2.05, 4.69) is 16.3 Å². The second kappa shape index (κ2) is 5.28. The second-order valence-corrected chi connectivity index (χ2v) is 4.59.